The molecule has 0 saturated heterocycles. The van der Waals surface area contributed by atoms with Crippen molar-refractivity contribution in [3.63, 3.8) is 0 Å². The zero-order valence-electron chi connectivity index (χ0n) is 8.45. The van der Waals surface area contributed by atoms with Crippen molar-refractivity contribution in [1.82, 2.24) is 4.57 Å². The van der Waals surface area contributed by atoms with Crippen molar-refractivity contribution in [3.05, 3.63) is 28.4 Å². The quantitative estimate of drug-likeness (QED) is 0.784. The third-order valence-electron chi connectivity index (χ3n) is 2.50. The number of hydrogen-bond acceptors (Lipinski definition) is 2. The zero-order chi connectivity index (χ0) is 11.0. The Labute approximate surface area is 95.8 Å². The Balaban J connectivity index is 2.94. The van der Waals surface area contributed by atoms with Gasteiger partial charge in [0.1, 0.15) is 5.75 Å². The molecule has 78 valence electrons. The largest absolute Gasteiger partial charge is 0.496 e. The number of methoxy groups -OCH3 is 1. The molecule has 2 rings (SSSR count). The number of halogens is 1. The van der Waals surface area contributed by atoms with Crippen LogP contribution in [-0.2, 0) is 7.05 Å². The number of aldehydes is 1. The van der Waals surface area contributed by atoms with E-state index < -0.39 is 0 Å². The van der Waals surface area contributed by atoms with Crippen molar-refractivity contribution in [3.8, 4) is 5.75 Å². The SMILES string of the molecule is COc1cccc2c1c(Br)c(C=O)n2C. The first-order valence-corrected chi connectivity index (χ1v) is 5.26. The van der Waals surface area contributed by atoms with Crippen LogP contribution < -0.4 is 4.74 Å². The van der Waals surface area contributed by atoms with Crippen LogP contribution in [0.15, 0.2) is 22.7 Å². The van der Waals surface area contributed by atoms with Gasteiger partial charge in [-0.3, -0.25) is 4.79 Å². The lowest BCUT2D eigenvalue weighted by Crippen LogP contribution is -1.93. The maximum absolute atomic E-state index is 10.9. The minimum absolute atomic E-state index is 0.620. The Morgan fingerprint density at radius 1 is 1.47 bits per heavy atom. The van der Waals surface area contributed by atoms with Gasteiger partial charge in [-0.05, 0) is 28.1 Å². The summed E-state index contributed by atoms with van der Waals surface area (Å²) in [5.74, 6) is 0.767. The summed E-state index contributed by atoms with van der Waals surface area (Å²) in [7, 11) is 3.48. The van der Waals surface area contributed by atoms with Gasteiger partial charge in [-0.1, -0.05) is 6.07 Å². The van der Waals surface area contributed by atoms with Gasteiger partial charge in [0.25, 0.3) is 0 Å². The molecule has 1 aromatic heterocycles. The molecule has 1 aromatic carbocycles. The molecule has 0 fully saturated rings. The van der Waals surface area contributed by atoms with E-state index in [0.29, 0.717) is 5.69 Å². The summed E-state index contributed by atoms with van der Waals surface area (Å²) >= 11 is 3.42. The second-order valence-corrected chi connectivity index (χ2v) is 4.02. The van der Waals surface area contributed by atoms with Gasteiger partial charge in [0.15, 0.2) is 6.29 Å². The normalized spacial score (nSPS) is 10.6. The summed E-state index contributed by atoms with van der Waals surface area (Å²) in [6, 6.07) is 5.74. The Morgan fingerprint density at radius 2 is 2.20 bits per heavy atom. The number of carbonyl (C=O) groups excluding carboxylic acids is 1. The molecule has 0 radical (unpaired) electrons. The fraction of sp³-hybridized carbons (Fsp3) is 0.182. The van der Waals surface area contributed by atoms with Gasteiger partial charge >= 0.3 is 0 Å². The summed E-state index contributed by atoms with van der Waals surface area (Å²) in [5.41, 5.74) is 1.60. The van der Waals surface area contributed by atoms with Crippen LogP contribution >= 0.6 is 15.9 Å². The summed E-state index contributed by atoms with van der Waals surface area (Å²) in [5, 5.41) is 0.935. The molecule has 0 atom stereocenters. The lowest BCUT2D eigenvalue weighted by molar-refractivity contribution is 0.111. The monoisotopic (exact) mass is 267 g/mol. The average molecular weight is 268 g/mol. The van der Waals surface area contributed by atoms with E-state index in [2.05, 4.69) is 15.9 Å². The number of rotatable bonds is 2. The van der Waals surface area contributed by atoms with Crippen molar-refractivity contribution >= 4 is 33.1 Å². The molecule has 0 unspecified atom stereocenters. The van der Waals surface area contributed by atoms with Crippen molar-refractivity contribution in [1.29, 1.82) is 0 Å². The highest BCUT2D eigenvalue weighted by Crippen LogP contribution is 2.35. The van der Waals surface area contributed by atoms with Gasteiger partial charge in [0, 0.05) is 7.05 Å². The number of aromatic nitrogens is 1. The Bertz CT molecular complexity index is 531. The molecular formula is C11H10BrNO2. The average Bonchev–Trinajstić information content (AvgIpc) is 2.51. The van der Waals surface area contributed by atoms with E-state index in [0.717, 1.165) is 27.4 Å². The fourth-order valence-electron chi connectivity index (χ4n) is 1.73. The molecule has 3 nitrogen and oxygen atoms in total. The second kappa shape index (κ2) is 3.70. The van der Waals surface area contributed by atoms with Gasteiger partial charge in [-0.25, -0.2) is 0 Å². The van der Waals surface area contributed by atoms with Crippen LogP contribution in [0.2, 0.25) is 0 Å². The number of fused-ring (bicyclic) bond motifs is 1. The number of ether oxygens (including phenoxy) is 1. The molecule has 0 N–H and O–H groups in total. The van der Waals surface area contributed by atoms with E-state index in [1.165, 1.54) is 0 Å². The first kappa shape index (κ1) is 10.2. The van der Waals surface area contributed by atoms with E-state index in [1.807, 2.05) is 29.8 Å². The maximum atomic E-state index is 10.9. The fourth-order valence-corrected chi connectivity index (χ4v) is 2.48. The van der Waals surface area contributed by atoms with E-state index >= 15 is 0 Å². The summed E-state index contributed by atoms with van der Waals surface area (Å²) in [4.78, 5) is 10.9. The van der Waals surface area contributed by atoms with Crippen LogP contribution in [0.25, 0.3) is 10.9 Å². The Kier molecular flexibility index (Phi) is 2.52. The molecule has 0 amide bonds. The number of carbonyl (C=O) groups is 1. The third kappa shape index (κ3) is 1.36. The van der Waals surface area contributed by atoms with E-state index in [-0.39, 0.29) is 0 Å². The van der Waals surface area contributed by atoms with Crippen LogP contribution in [-0.4, -0.2) is 18.0 Å². The molecular weight excluding hydrogens is 258 g/mol. The molecule has 0 saturated carbocycles. The first-order chi connectivity index (χ1) is 7.20. The van der Waals surface area contributed by atoms with Gasteiger partial charge < -0.3 is 9.30 Å². The zero-order valence-corrected chi connectivity index (χ0v) is 10.0. The lowest BCUT2D eigenvalue weighted by atomic mass is 10.2. The van der Waals surface area contributed by atoms with Gasteiger partial charge in [0.05, 0.1) is 28.2 Å². The Morgan fingerprint density at radius 3 is 2.80 bits per heavy atom. The van der Waals surface area contributed by atoms with Crippen LogP contribution in [0.4, 0.5) is 0 Å². The van der Waals surface area contributed by atoms with Crippen LogP contribution in [0.5, 0.6) is 5.75 Å². The molecule has 0 aliphatic rings. The summed E-state index contributed by atoms with van der Waals surface area (Å²) in [6.07, 6.45) is 0.837. The van der Waals surface area contributed by atoms with Gasteiger partial charge in [-0.2, -0.15) is 0 Å². The topological polar surface area (TPSA) is 31.2 Å². The maximum Gasteiger partial charge on any atom is 0.167 e. The highest BCUT2D eigenvalue weighted by atomic mass is 79.9. The molecule has 15 heavy (non-hydrogen) atoms. The van der Waals surface area contributed by atoms with Crippen molar-refractivity contribution < 1.29 is 9.53 Å². The predicted octanol–water partition coefficient (Wildman–Crippen LogP) is 2.76. The first-order valence-electron chi connectivity index (χ1n) is 4.46. The van der Waals surface area contributed by atoms with E-state index in [4.69, 9.17) is 4.74 Å². The molecule has 4 heteroatoms. The predicted molar refractivity (Wildman–Crippen MR) is 62.6 cm³/mol. The van der Waals surface area contributed by atoms with Crippen molar-refractivity contribution in [2.75, 3.05) is 7.11 Å². The smallest absolute Gasteiger partial charge is 0.167 e. The molecule has 0 aliphatic carbocycles. The molecule has 0 aliphatic heterocycles. The minimum Gasteiger partial charge on any atom is -0.496 e. The number of nitrogens with zero attached hydrogens (tertiary/aromatic N) is 1. The minimum atomic E-state index is 0.620. The van der Waals surface area contributed by atoms with E-state index in [9.17, 15) is 4.79 Å². The third-order valence-corrected chi connectivity index (χ3v) is 3.31. The lowest BCUT2D eigenvalue weighted by Gasteiger charge is -2.02. The molecule has 1 heterocycles. The number of aryl methyl sites for hydroxylation is 1. The molecule has 2 aromatic rings. The summed E-state index contributed by atoms with van der Waals surface area (Å²) < 4.78 is 7.89. The van der Waals surface area contributed by atoms with Crippen molar-refractivity contribution in [2.45, 2.75) is 0 Å². The van der Waals surface area contributed by atoms with E-state index in [1.54, 1.807) is 7.11 Å². The summed E-state index contributed by atoms with van der Waals surface area (Å²) in [6.45, 7) is 0. The standard InChI is InChI=1S/C11H10BrNO2/c1-13-7-4-3-5-9(15-2)10(7)11(12)8(13)6-14/h3-6H,1-2H3. The Hall–Kier alpha value is -1.29. The van der Waals surface area contributed by atoms with Gasteiger partial charge in [-0.15, -0.1) is 0 Å². The molecule has 0 spiro atoms. The van der Waals surface area contributed by atoms with Crippen LogP contribution in [0, 0.1) is 0 Å². The van der Waals surface area contributed by atoms with Gasteiger partial charge in [0.2, 0.25) is 0 Å². The highest BCUT2D eigenvalue weighted by molar-refractivity contribution is 9.10. The van der Waals surface area contributed by atoms with Crippen LogP contribution in [0.1, 0.15) is 10.5 Å². The second-order valence-electron chi connectivity index (χ2n) is 3.23. The van der Waals surface area contributed by atoms with Crippen LogP contribution in [0.3, 0.4) is 0 Å². The highest BCUT2D eigenvalue weighted by Gasteiger charge is 2.15. The number of hydrogen-bond donors (Lipinski definition) is 0. The number of benzene rings is 1. The van der Waals surface area contributed by atoms with Crippen molar-refractivity contribution in [2.24, 2.45) is 7.05 Å². The molecule has 0 bridgehead atoms.